The third-order valence-electron chi connectivity index (χ3n) is 3.49. The van der Waals surface area contributed by atoms with Gasteiger partial charge < -0.3 is 15.7 Å². The first-order chi connectivity index (χ1) is 9.45. The molecule has 1 aromatic rings. The number of urea groups is 1. The molecular formula is C14H17ClN2O3. The Morgan fingerprint density at radius 3 is 2.65 bits per heavy atom. The van der Waals surface area contributed by atoms with Crippen molar-refractivity contribution in [2.24, 2.45) is 5.92 Å². The number of hydrogen-bond donors (Lipinski definition) is 3. The Balaban J connectivity index is 1.94. The number of aromatic carboxylic acids is 1. The second-order valence-electron chi connectivity index (χ2n) is 5.21. The fraction of sp³-hybridized carbons (Fsp3) is 0.429. The number of nitrogens with one attached hydrogen (secondary N) is 2. The molecule has 1 aliphatic carbocycles. The zero-order valence-electron chi connectivity index (χ0n) is 11.1. The summed E-state index contributed by atoms with van der Waals surface area (Å²) >= 11 is 5.84. The first kappa shape index (κ1) is 14.7. The van der Waals surface area contributed by atoms with E-state index in [1.165, 1.54) is 18.2 Å². The van der Waals surface area contributed by atoms with Gasteiger partial charge in [-0.1, -0.05) is 18.5 Å². The lowest BCUT2D eigenvalue weighted by molar-refractivity contribution is 0.0697. The second kappa shape index (κ2) is 6.13. The van der Waals surface area contributed by atoms with Gasteiger partial charge in [0.25, 0.3) is 0 Å². The largest absolute Gasteiger partial charge is 0.478 e. The number of carboxylic acids is 1. The van der Waals surface area contributed by atoms with Crippen LogP contribution in [0.1, 0.15) is 36.5 Å². The zero-order chi connectivity index (χ0) is 14.7. The third kappa shape index (κ3) is 3.63. The molecule has 0 aliphatic heterocycles. The summed E-state index contributed by atoms with van der Waals surface area (Å²) in [6, 6.07) is 4.24. The van der Waals surface area contributed by atoms with Crippen LogP contribution in [0.3, 0.4) is 0 Å². The minimum absolute atomic E-state index is 0.0160. The lowest BCUT2D eigenvalue weighted by Crippen LogP contribution is -2.36. The Morgan fingerprint density at radius 1 is 1.35 bits per heavy atom. The Bertz CT molecular complexity index is 533. The predicted molar refractivity (Wildman–Crippen MR) is 77.4 cm³/mol. The molecule has 3 N–H and O–H groups in total. The van der Waals surface area contributed by atoms with Gasteiger partial charge in [-0.25, -0.2) is 9.59 Å². The summed E-state index contributed by atoms with van der Waals surface area (Å²) in [5.74, 6) is -0.449. The van der Waals surface area contributed by atoms with Crippen molar-refractivity contribution in [1.82, 2.24) is 5.32 Å². The van der Waals surface area contributed by atoms with Gasteiger partial charge in [0.2, 0.25) is 0 Å². The number of halogens is 1. The van der Waals surface area contributed by atoms with E-state index in [0.717, 1.165) is 19.3 Å². The fourth-order valence-corrected chi connectivity index (χ4v) is 2.72. The Labute approximate surface area is 122 Å². The molecule has 6 heteroatoms. The summed E-state index contributed by atoms with van der Waals surface area (Å²) in [6.45, 7) is 2.17. The highest BCUT2D eigenvalue weighted by Gasteiger charge is 2.22. The van der Waals surface area contributed by atoms with Crippen molar-refractivity contribution in [2.75, 3.05) is 5.32 Å². The van der Waals surface area contributed by atoms with Gasteiger partial charge in [0.1, 0.15) is 0 Å². The number of anilines is 1. The Morgan fingerprint density at radius 2 is 2.10 bits per heavy atom. The molecule has 1 saturated carbocycles. The van der Waals surface area contributed by atoms with Crippen LogP contribution in [0.15, 0.2) is 18.2 Å². The molecule has 1 aliphatic rings. The molecule has 0 heterocycles. The van der Waals surface area contributed by atoms with E-state index in [2.05, 4.69) is 17.6 Å². The van der Waals surface area contributed by atoms with Crippen LogP contribution >= 0.6 is 11.6 Å². The normalized spacial score (nSPS) is 21.5. The number of rotatable bonds is 3. The first-order valence-electron chi connectivity index (χ1n) is 6.56. The van der Waals surface area contributed by atoms with E-state index in [4.69, 9.17) is 16.7 Å². The van der Waals surface area contributed by atoms with Gasteiger partial charge in [-0.3, -0.25) is 0 Å². The van der Waals surface area contributed by atoms with Crippen molar-refractivity contribution in [2.45, 2.75) is 32.2 Å². The molecular weight excluding hydrogens is 280 g/mol. The topological polar surface area (TPSA) is 78.4 Å². The summed E-state index contributed by atoms with van der Waals surface area (Å²) in [4.78, 5) is 22.7. The van der Waals surface area contributed by atoms with Gasteiger partial charge in [0.15, 0.2) is 0 Å². The van der Waals surface area contributed by atoms with Crippen molar-refractivity contribution >= 4 is 29.3 Å². The predicted octanol–water partition coefficient (Wildman–Crippen LogP) is 3.35. The molecule has 0 aromatic heterocycles. The average molecular weight is 297 g/mol. The van der Waals surface area contributed by atoms with Crippen LogP contribution in [-0.2, 0) is 0 Å². The van der Waals surface area contributed by atoms with Crippen molar-refractivity contribution in [1.29, 1.82) is 0 Å². The quantitative estimate of drug-likeness (QED) is 0.800. The highest BCUT2D eigenvalue weighted by Crippen LogP contribution is 2.25. The van der Waals surface area contributed by atoms with E-state index in [-0.39, 0.29) is 22.7 Å². The Hall–Kier alpha value is -1.75. The van der Waals surface area contributed by atoms with Gasteiger partial charge in [-0.05, 0) is 43.4 Å². The highest BCUT2D eigenvalue weighted by atomic mass is 35.5. The SMILES string of the molecule is CC1CCC(NC(=O)Nc2ccc(C(=O)O)c(Cl)c2)C1. The van der Waals surface area contributed by atoms with Crippen molar-refractivity contribution in [3.05, 3.63) is 28.8 Å². The molecule has 2 amide bonds. The van der Waals surface area contributed by atoms with E-state index in [1.807, 2.05) is 0 Å². The molecule has 108 valence electrons. The van der Waals surface area contributed by atoms with Crippen LogP contribution < -0.4 is 10.6 Å². The second-order valence-corrected chi connectivity index (χ2v) is 5.62. The molecule has 20 heavy (non-hydrogen) atoms. The molecule has 5 nitrogen and oxygen atoms in total. The van der Waals surface area contributed by atoms with Crippen LogP contribution in [0.5, 0.6) is 0 Å². The van der Waals surface area contributed by atoms with Crippen LogP contribution in [0.2, 0.25) is 5.02 Å². The maximum atomic E-state index is 11.8. The van der Waals surface area contributed by atoms with E-state index in [1.54, 1.807) is 0 Å². The van der Waals surface area contributed by atoms with Crippen molar-refractivity contribution < 1.29 is 14.7 Å². The summed E-state index contributed by atoms with van der Waals surface area (Å²) in [5.41, 5.74) is 0.491. The maximum Gasteiger partial charge on any atom is 0.337 e. The first-order valence-corrected chi connectivity index (χ1v) is 6.94. The number of benzene rings is 1. The molecule has 2 atom stereocenters. The molecule has 2 unspecified atom stereocenters. The molecule has 1 aromatic carbocycles. The third-order valence-corrected chi connectivity index (χ3v) is 3.80. The van der Waals surface area contributed by atoms with E-state index >= 15 is 0 Å². The van der Waals surface area contributed by atoms with E-state index in [0.29, 0.717) is 11.6 Å². The van der Waals surface area contributed by atoms with Crippen molar-refractivity contribution in [3.8, 4) is 0 Å². The van der Waals surface area contributed by atoms with E-state index < -0.39 is 5.97 Å². The van der Waals surface area contributed by atoms with Gasteiger partial charge in [0.05, 0.1) is 10.6 Å². The maximum absolute atomic E-state index is 11.8. The van der Waals surface area contributed by atoms with Crippen LogP contribution in [0.4, 0.5) is 10.5 Å². The van der Waals surface area contributed by atoms with Crippen LogP contribution in [0.25, 0.3) is 0 Å². The highest BCUT2D eigenvalue weighted by molar-refractivity contribution is 6.33. The number of carbonyl (C=O) groups is 2. The van der Waals surface area contributed by atoms with E-state index in [9.17, 15) is 9.59 Å². The van der Waals surface area contributed by atoms with Crippen LogP contribution in [0, 0.1) is 5.92 Å². The lowest BCUT2D eigenvalue weighted by atomic mass is 10.1. The molecule has 0 saturated heterocycles. The lowest BCUT2D eigenvalue weighted by Gasteiger charge is -2.13. The molecule has 0 spiro atoms. The van der Waals surface area contributed by atoms with Crippen LogP contribution in [-0.4, -0.2) is 23.1 Å². The molecule has 0 bridgehead atoms. The number of hydrogen-bond acceptors (Lipinski definition) is 2. The summed E-state index contributed by atoms with van der Waals surface area (Å²) in [7, 11) is 0. The smallest absolute Gasteiger partial charge is 0.337 e. The monoisotopic (exact) mass is 296 g/mol. The molecule has 0 radical (unpaired) electrons. The number of carboxylic acid groups (broad SMARTS) is 1. The van der Waals surface area contributed by atoms with Crippen molar-refractivity contribution in [3.63, 3.8) is 0 Å². The molecule has 2 rings (SSSR count). The average Bonchev–Trinajstić information content (AvgIpc) is 2.74. The zero-order valence-corrected chi connectivity index (χ0v) is 11.9. The van der Waals surface area contributed by atoms with Gasteiger partial charge in [-0.15, -0.1) is 0 Å². The standard InChI is InChI=1S/C14H17ClN2O3/c1-8-2-3-9(6-8)16-14(20)17-10-4-5-11(13(18)19)12(15)7-10/h4-5,7-9H,2-3,6H2,1H3,(H,18,19)(H2,16,17,20). The number of carbonyl (C=O) groups excluding carboxylic acids is 1. The van der Waals surface area contributed by atoms with Gasteiger partial charge in [0, 0.05) is 11.7 Å². The summed E-state index contributed by atoms with van der Waals surface area (Å²) in [5, 5.41) is 14.5. The minimum atomic E-state index is -1.09. The fourth-order valence-electron chi connectivity index (χ4n) is 2.46. The molecule has 1 fully saturated rings. The van der Waals surface area contributed by atoms with Gasteiger partial charge in [-0.2, -0.15) is 0 Å². The van der Waals surface area contributed by atoms with Gasteiger partial charge >= 0.3 is 12.0 Å². The summed E-state index contributed by atoms with van der Waals surface area (Å²) < 4.78 is 0. The summed E-state index contributed by atoms with van der Waals surface area (Å²) in [6.07, 6.45) is 3.11. The Kier molecular flexibility index (Phi) is 4.49. The minimum Gasteiger partial charge on any atom is -0.478 e. The number of amides is 2.